The van der Waals surface area contributed by atoms with Crippen LogP contribution in [0.15, 0.2) is 0 Å². The third-order valence-electron chi connectivity index (χ3n) is 1.12. The van der Waals surface area contributed by atoms with Crippen molar-refractivity contribution in [3.63, 3.8) is 0 Å². The summed E-state index contributed by atoms with van der Waals surface area (Å²) in [5, 5.41) is 0. The molecule has 2 N–H and O–H groups in total. The minimum atomic E-state index is -0.340. The van der Waals surface area contributed by atoms with E-state index in [4.69, 9.17) is 10.5 Å². The Hall–Kier alpha value is -0.610. The van der Waals surface area contributed by atoms with Crippen molar-refractivity contribution in [2.24, 2.45) is 5.73 Å². The lowest BCUT2D eigenvalue weighted by Crippen LogP contribution is -2.24. The van der Waals surface area contributed by atoms with E-state index in [1.807, 2.05) is 0 Å². The smallest absolute Gasteiger partial charge is 0.332 e. The van der Waals surface area contributed by atoms with E-state index in [-0.39, 0.29) is 18.7 Å². The third kappa shape index (κ3) is 5.82. The zero-order valence-corrected chi connectivity index (χ0v) is 7.00. The molecule has 0 aliphatic rings. The van der Waals surface area contributed by atoms with E-state index < -0.39 is 0 Å². The Morgan fingerprint density at radius 3 is 2.73 bits per heavy atom. The number of ether oxygens (including phenoxy) is 2. The van der Waals surface area contributed by atoms with E-state index in [1.165, 1.54) is 0 Å². The molecule has 11 heavy (non-hydrogen) atoms. The van der Waals surface area contributed by atoms with Gasteiger partial charge in [0, 0.05) is 6.54 Å². The fourth-order valence-electron chi connectivity index (χ4n) is 0.481. The van der Waals surface area contributed by atoms with Gasteiger partial charge in [0.25, 0.3) is 0 Å². The molecule has 66 valence electrons. The largest absolute Gasteiger partial charge is 0.464 e. The molecule has 0 amide bonds. The normalized spacial score (nSPS) is 12.6. The molecule has 0 aromatic rings. The maximum absolute atomic E-state index is 10.7. The monoisotopic (exact) mass is 161 g/mol. The van der Waals surface area contributed by atoms with Gasteiger partial charge in [0.2, 0.25) is 0 Å². The molecule has 0 radical (unpaired) electrons. The number of esters is 1. The highest BCUT2D eigenvalue weighted by molar-refractivity contribution is 5.70. The van der Waals surface area contributed by atoms with Crippen LogP contribution in [0.1, 0.15) is 13.8 Å². The van der Waals surface area contributed by atoms with Crippen molar-refractivity contribution in [2.75, 3.05) is 19.8 Å². The summed E-state index contributed by atoms with van der Waals surface area (Å²) in [5.41, 5.74) is 5.26. The number of hydrogen-bond acceptors (Lipinski definition) is 4. The predicted molar refractivity (Wildman–Crippen MR) is 41.1 cm³/mol. The number of nitrogens with two attached hydrogens (primary N) is 1. The van der Waals surface area contributed by atoms with Crippen molar-refractivity contribution in [3.05, 3.63) is 0 Å². The van der Waals surface area contributed by atoms with Gasteiger partial charge in [-0.2, -0.15) is 0 Å². The average Bonchev–Trinajstić information content (AvgIpc) is 2.01. The van der Waals surface area contributed by atoms with Crippen molar-refractivity contribution < 1.29 is 14.3 Å². The van der Waals surface area contributed by atoms with Crippen LogP contribution in [0.2, 0.25) is 0 Å². The third-order valence-corrected chi connectivity index (χ3v) is 1.12. The van der Waals surface area contributed by atoms with Crippen LogP contribution in [0, 0.1) is 0 Å². The topological polar surface area (TPSA) is 61.5 Å². The highest BCUT2D eigenvalue weighted by Crippen LogP contribution is 1.88. The van der Waals surface area contributed by atoms with E-state index in [0.29, 0.717) is 13.2 Å². The quantitative estimate of drug-likeness (QED) is 0.572. The lowest BCUT2D eigenvalue weighted by atomic mass is 10.4. The lowest BCUT2D eigenvalue weighted by Gasteiger charge is -2.08. The van der Waals surface area contributed by atoms with Gasteiger partial charge in [-0.15, -0.1) is 0 Å². The number of carbonyl (C=O) groups excluding carboxylic acids is 1. The molecule has 0 fully saturated rings. The highest BCUT2D eigenvalue weighted by Gasteiger charge is 2.04. The molecular weight excluding hydrogens is 146 g/mol. The zero-order valence-electron chi connectivity index (χ0n) is 7.00. The number of rotatable bonds is 5. The summed E-state index contributed by atoms with van der Waals surface area (Å²) in [6, 6.07) is 0. The molecule has 0 aromatic heterocycles. The first-order valence-corrected chi connectivity index (χ1v) is 3.68. The van der Waals surface area contributed by atoms with Crippen LogP contribution in [-0.2, 0) is 14.3 Å². The second-order valence-corrected chi connectivity index (χ2v) is 2.16. The van der Waals surface area contributed by atoms with Crippen molar-refractivity contribution in [2.45, 2.75) is 20.0 Å². The Morgan fingerprint density at radius 2 is 2.27 bits per heavy atom. The number of hydrogen-bond donors (Lipinski definition) is 1. The standard InChI is InChI=1S/C7H15NO3/c1-3-10-7(9)5-11-6(2)4-8/h6H,3-5,8H2,1-2H3/t6-/m1/s1. The Labute approximate surface area is 66.7 Å². The highest BCUT2D eigenvalue weighted by atomic mass is 16.6. The van der Waals surface area contributed by atoms with Crippen molar-refractivity contribution in [3.8, 4) is 0 Å². The van der Waals surface area contributed by atoms with Crippen LogP contribution in [0.25, 0.3) is 0 Å². The maximum Gasteiger partial charge on any atom is 0.332 e. The summed E-state index contributed by atoms with van der Waals surface area (Å²) in [7, 11) is 0. The van der Waals surface area contributed by atoms with E-state index in [9.17, 15) is 4.79 Å². The second kappa shape index (κ2) is 6.12. The predicted octanol–water partition coefficient (Wildman–Crippen LogP) is -0.0867. The van der Waals surface area contributed by atoms with Crippen LogP contribution >= 0.6 is 0 Å². The van der Waals surface area contributed by atoms with Gasteiger partial charge < -0.3 is 15.2 Å². The fourth-order valence-corrected chi connectivity index (χ4v) is 0.481. The van der Waals surface area contributed by atoms with Gasteiger partial charge in [0.1, 0.15) is 6.61 Å². The van der Waals surface area contributed by atoms with Crippen molar-refractivity contribution >= 4 is 5.97 Å². The Balaban J connectivity index is 3.30. The summed E-state index contributed by atoms with van der Waals surface area (Å²) in [6.07, 6.45) is -0.0839. The molecular formula is C7H15NO3. The minimum Gasteiger partial charge on any atom is -0.464 e. The first-order chi connectivity index (χ1) is 5.20. The first-order valence-electron chi connectivity index (χ1n) is 3.68. The molecule has 0 spiro atoms. The zero-order chi connectivity index (χ0) is 8.69. The van der Waals surface area contributed by atoms with Gasteiger partial charge in [-0.1, -0.05) is 0 Å². The van der Waals surface area contributed by atoms with Gasteiger partial charge in [-0.25, -0.2) is 4.79 Å². The van der Waals surface area contributed by atoms with Crippen LogP contribution in [0.4, 0.5) is 0 Å². The summed E-state index contributed by atoms with van der Waals surface area (Å²) in [4.78, 5) is 10.7. The molecule has 0 unspecified atom stereocenters. The van der Waals surface area contributed by atoms with Crippen LogP contribution in [0.5, 0.6) is 0 Å². The average molecular weight is 161 g/mol. The molecule has 0 saturated heterocycles. The summed E-state index contributed by atoms with van der Waals surface area (Å²) >= 11 is 0. The van der Waals surface area contributed by atoms with Crippen molar-refractivity contribution in [1.29, 1.82) is 0 Å². The summed E-state index contributed by atoms with van der Waals surface area (Å²) in [5.74, 6) is -0.340. The van der Waals surface area contributed by atoms with E-state index in [2.05, 4.69) is 4.74 Å². The Morgan fingerprint density at radius 1 is 1.64 bits per heavy atom. The second-order valence-electron chi connectivity index (χ2n) is 2.16. The molecule has 0 heterocycles. The van der Waals surface area contributed by atoms with Gasteiger partial charge in [-0.05, 0) is 13.8 Å². The molecule has 0 bridgehead atoms. The van der Waals surface area contributed by atoms with Gasteiger partial charge >= 0.3 is 5.97 Å². The van der Waals surface area contributed by atoms with Crippen LogP contribution in [0.3, 0.4) is 0 Å². The fraction of sp³-hybridized carbons (Fsp3) is 0.857. The molecule has 1 atom stereocenters. The minimum absolute atomic E-state index is 0.00773. The van der Waals surface area contributed by atoms with Gasteiger partial charge in [0.15, 0.2) is 0 Å². The van der Waals surface area contributed by atoms with E-state index in [1.54, 1.807) is 13.8 Å². The van der Waals surface area contributed by atoms with Crippen LogP contribution in [-0.4, -0.2) is 31.8 Å². The summed E-state index contributed by atoms with van der Waals surface area (Å²) in [6.45, 7) is 4.36. The molecule has 0 aromatic carbocycles. The van der Waals surface area contributed by atoms with Crippen LogP contribution < -0.4 is 5.73 Å². The van der Waals surface area contributed by atoms with E-state index >= 15 is 0 Å². The molecule has 4 nitrogen and oxygen atoms in total. The van der Waals surface area contributed by atoms with E-state index in [0.717, 1.165) is 0 Å². The summed E-state index contributed by atoms with van der Waals surface area (Å²) < 4.78 is 9.64. The molecule has 0 rings (SSSR count). The lowest BCUT2D eigenvalue weighted by molar-refractivity contribution is -0.150. The first kappa shape index (κ1) is 10.4. The maximum atomic E-state index is 10.7. The molecule has 0 saturated carbocycles. The molecule has 0 aliphatic carbocycles. The van der Waals surface area contributed by atoms with Gasteiger partial charge in [-0.3, -0.25) is 0 Å². The van der Waals surface area contributed by atoms with Crippen molar-refractivity contribution in [1.82, 2.24) is 0 Å². The Bertz CT molecular complexity index is 116. The SMILES string of the molecule is CCOC(=O)CO[C@H](C)CN. The number of carbonyl (C=O) groups is 1. The molecule has 4 heteroatoms. The molecule has 0 aliphatic heterocycles. The van der Waals surface area contributed by atoms with Gasteiger partial charge in [0.05, 0.1) is 12.7 Å². The Kier molecular flexibility index (Phi) is 5.78.